The fourth-order valence-corrected chi connectivity index (χ4v) is 5.08. The van der Waals surface area contributed by atoms with E-state index in [-0.39, 0.29) is 29.2 Å². The van der Waals surface area contributed by atoms with E-state index in [1.165, 1.54) is 23.4 Å². The average molecular weight is 430 g/mol. The lowest BCUT2D eigenvalue weighted by Crippen LogP contribution is -2.45. The maximum atomic E-state index is 13.0. The summed E-state index contributed by atoms with van der Waals surface area (Å²) in [6, 6.07) is 16.0. The molecule has 1 aliphatic rings. The van der Waals surface area contributed by atoms with Gasteiger partial charge in [0.05, 0.1) is 10.8 Å². The van der Waals surface area contributed by atoms with Crippen LogP contribution in [0.3, 0.4) is 0 Å². The van der Waals surface area contributed by atoms with E-state index in [0.717, 1.165) is 12.0 Å². The fraction of sp³-hybridized carbons (Fsp3) is 0.364. The third-order valence-electron chi connectivity index (χ3n) is 5.12. The van der Waals surface area contributed by atoms with Gasteiger partial charge in [0.15, 0.2) is 0 Å². The standard InChI is InChI=1S/C22H27N3O4S/c1-17(26)24-20-9-11-21(12-10-20)30(28,29)25-15-5-8-19(16-25)22(27)23-14-13-18-6-3-2-4-7-18/h2-4,6-7,9-12,19H,5,8,13-16H2,1H3,(H,23,27)(H,24,26)/t19-/m1/s1. The summed E-state index contributed by atoms with van der Waals surface area (Å²) in [5.74, 6) is -0.683. The number of piperidine rings is 1. The van der Waals surface area contributed by atoms with Gasteiger partial charge in [-0.2, -0.15) is 4.31 Å². The van der Waals surface area contributed by atoms with Gasteiger partial charge in [0.1, 0.15) is 0 Å². The van der Waals surface area contributed by atoms with Crippen LogP contribution in [0.25, 0.3) is 0 Å². The minimum Gasteiger partial charge on any atom is -0.355 e. The van der Waals surface area contributed by atoms with Gasteiger partial charge in [0.2, 0.25) is 21.8 Å². The molecule has 0 radical (unpaired) electrons. The first-order valence-electron chi connectivity index (χ1n) is 10.1. The van der Waals surface area contributed by atoms with Crippen molar-refractivity contribution in [3.8, 4) is 0 Å². The molecule has 0 unspecified atom stereocenters. The minimum absolute atomic E-state index is 0.105. The van der Waals surface area contributed by atoms with Crippen molar-refractivity contribution in [2.45, 2.75) is 31.1 Å². The monoisotopic (exact) mass is 429 g/mol. The lowest BCUT2D eigenvalue weighted by atomic mass is 9.99. The van der Waals surface area contributed by atoms with Crippen molar-refractivity contribution < 1.29 is 18.0 Å². The molecule has 2 aromatic rings. The van der Waals surface area contributed by atoms with Crippen LogP contribution in [0, 0.1) is 5.92 Å². The predicted octanol–water partition coefficient (Wildman–Crippen LogP) is 2.40. The molecular formula is C22H27N3O4S. The van der Waals surface area contributed by atoms with Gasteiger partial charge in [0.25, 0.3) is 0 Å². The number of benzene rings is 2. The SMILES string of the molecule is CC(=O)Nc1ccc(S(=O)(=O)N2CCC[C@@H](C(=O)NCCc3ccccc3)C2)cc1. The number of nitrogens with zero attached hydrogens (tertiary/aromatic N) is 1. The van der Waals surface area contributed by atoms with E-state index in [2.05, 4.69) is 10.6 Å². The summed E-state index contributed by atoms with van der Waals surface area (Å²) in [6.07, 6.45) is 2.05. The lowest BCUT2D eigenvalue weighted by molar-refractivity contribution is -0.126. The maximum Gasteiger partial charge on any atom is 0.243 e. The zero-order valence-corrected chi connectivity index (χ0v) is 17.8. The van der Waals surface area contributed by atoms with Crippen LogP contribution in [0.5, 0.6) is 0 Å². The van der Waals surface area contributed by atoms with Gasteiger partial charge in [-0.1, -0.05) is 30.3 Å². The topological polar surface area (TPSA) is 95.6 Å². The number of sulfonamides is 1. The van der Waals surface area contributed by atoms with Crippen LogP contribution in [0.1, 0.15) is 25.3 Å². The Hall–Kier alpha value is -2.71. The first kappa shape index (κ1) is 22.0. The Bertz CT molecular complexity index is 975. The Morgan fingerprint density at radius 3 is 2.43 bits per heavy atom. The van der Waals surface area contributed by atoms with Crippen molar-refractivity contribution >= 4 is 27.5 Å². The summed E-state index contributed by atoms with van der Waals surface area (Å²) in [7, 11) is -3.70. The van der Waals surface area contributed by atoms with E-state index in [1.807, 2.05) is 30.3 Å². The van der Waals surface area contributed by atoms with Gasteiger partial charge in [-0.05, 0) is 49.1 Å². The Labute approximate surface area is 177 Å². The van der Waals surface area contributed by atoms with Crippen molar-refractivity contribution in [2.24, 2.45) is 5.92 Å². The molecule has 8 heteroatoms. The van der Waals surface area contributed by atoms with Crippen LogP contribution in [0.15, 0.2) is 59.5 Å². The highest BCUT2D eigenvalue weighted by atomic mass is 32.2. The Balaban J connectivity index is 1.58. The summed E-state index contributed by atoms with van der Waals surface area (Å²) in [5.41, 5.74) is 1.68. The molecule has 2 N–H and O–H groups in total. The van der Waals surface area contributed by atoms with Crippen LogP contribution in [-0.4, -0.2) is 44.2 Å². The number of rotatable bonds is 7. The molecule has 1 atom stereocenters. The van der Waals surface area contributed by atoms with Crippen molar-refractivity contribution in [2.75, 3.05) is 25.0 Å². The number of amides is 2. The summed E-state index contributed by atoms with van der Waals surface area (Å²) in [4.78, 5) is 23.8. The number of anilines is 1. The van der Waals surface area contributed by atoms with E-state index in [1.54, 1.807) is 12.1 Å². The van der Waals surface area contributed by atoms with Gasteiger partial charge in [-0.25, -0.2) is 8.42 Å². The second-order valence-electron chi connectivity index (χ2n) is 7.43. The number of hydrogen-bond donors (Lipinski definition) is 2. The Morgan fingerprint density at radius 1 is 1.07 bits per heavy atom. The molecule has 7 nitrogen and oxygen atoms in total. The van der Waals surface area contributed by atoms with Gasteiger partial charge < -0.3 is 10.6 Å². The number of nitrogens with one attached hydrogen (secondary N) is 2. The molecule has 2 aromatic carbocycles. The quantitative estimate of drug-likeness (QED) is 0.707. The largest absolute Gasteiger partial charge is 0.355 e. The Morgan fingerprint density at radius 2 is 1.77 bits per heavy atom. The first-order valence-corrected chi connectivity index (χ1v) is 11.5. The van der Waals surface area contributed by atoms with E-state index >= 15 is 0 Å². The van der Waals surface area contributed by atoms with Crippen molar-refractivity contribution in [3.05, 3.63) is 60.2 Å². The third-order valence-corrected chi connectivity index (χ3v) is 7.00. The van der Waals surface area contributed by atoms with Gasteiger partial charge in [-0.3, -0.25) is 9.59 Å². The number of hydrogen-bond acceptors (Lipinski definition) is 4. The molecule has 30 heavy (non-hydrogen) atoms. The third kappa shape index (κ3) is 5.67. The van der Waals surface area contributed by atoms with Crippen LogP contribution in [0.2, 0.25) is 0 Å². The van der Waals surface area contributed by atoms with Crippen LogP contribution >= 0.6 is 0 Å². The van der Waals surface area contributed by atoms with Crippen molar-refractivity contribution in [3.63, 3.8) is 0 Å². The Kier molecular flexibility index (Phi) is 7.23. The number of carbonyl (C=O) groups is 2. The normalized spacial score (nSPS) is 17.3. The molecule has 1 aliphatic heterocycles. The van der Waals surface area contributed by atoms with Gasteiger partial charge >= 0.3 is 0 Å². The molecule has 160 valence electrons. The zero-order chi connectivity index (χ0) is 21.6. The van der Waals surface area contributed by atoms with E-state index in [9.17, 15) is 18.0 Å². The summed E-state index contributed by atoms with van der Waals surface area (Å²) in [5, 5.41) is 5.55. The molecule has 2 amide bonds. The summed E-state index contributed by atoms with van der Waals surface area (Å²) in [6.45, 7) is 2.48. The molecule has 1 heterocycles. The molecule has 0 saturated carbocycles. The highest BCUT2D eigenvalue weighted by Gasteiger charge is 2.33. The first-order chi connectivity index (χ1) is 14.4. The van der Waals surface area contributed by atoms with Crippen LogP contribution in [0.4, 0.5) is 5.69 Å². The fourth-order valence-electron chi connectivity index (χ4n) is 3.56. The van der Waals surface area contributed by atoms with E-state index < -0.39 is 10.0 Å². The molecule has 1 fully saturated rings. The highest BCUT2D eigenvalue weighted by molar-refractivity contribution is 7.89. The lowest BCUT2D eigenvalue weighted by Gasteiger charge is -2.31. The van der Waals surface area contributed by atoms with Crippen LogP contribution < -0.4 is 10.6 Å². The molecule has 0 spiro atoms. The average Bonchev–Trinajstić information content (AvgIpc) is 2.74. The predicted molar refractivity (Wildman–Crippen MR) is 115 cm³/mol. The zero-order valence-electron chi connectivity index (χ0n) is 17.0. The minimum atomic E-state index is -3.70. The molecule has 1 saturated heterocycles. The van der Waals surface area contributed by atoms with E-state index in [4.69, 9.17) is 0 Å². The number of carbonyl (C=O) groups excluding carboxylic acids is 2. The highest BCUT2D eigenvalue weighted by Crippen LogP contribution is 2.25. The molecule has 0 bridgehead atoms. The molecule has 0 aliphatic carbocycles. The summed E-state index contributed by atoms with van der Waals surface area (Å²) < 4.78 is 27.4. The van der Waals surface area contributed by atoms with Crippen LogP contribution in [-0.2, 0) is 26.0 Å². The van der Waals surface area contributed by atoms with Gasteiger partial charge in [0, 0.05) is 32.2 Å². The second kappa shape index (κ2) is 9.86. The van der Waals surface area contributed by atoms with Crippen molar-refractivity contribution in [1.82, 2.24) is 9.62 Å². The molecular weight excluding hydrogens is 402 g/mol. The van der Waals surface area contributed by atoms with Crippen molar-refractivity contribution in [1.29, 1.82) is 0 Å². The van der Waals surface area contributed by atoms with Gasteiger partial charge in [-0.15, -0.1) is 0 Å². The second-order valence-corrected chi connectivity index (χ2v) is 9.37. The molecule has 0 aromatic heterocycles. The molecule has 3 rings (SSSR count). The summed E-state index contributed by atoms with van der Waals surface area (Å²) >= 11 is 0. The van der Waals surface area contributed by atoms with E-state index in [0.29, 0.717) is 31.6 Å². The maximum absolute atomic E-state index is 13.0. The smallest absolute Gasteiger partial charge is 0.243 e.